The third-order valence-electron chi connectivity index (χ3n) is 6.83. The first-order valence-corrected chi connectivity index (χ1v) is 13.2. The first-order valence-electron chi connectivity index (χ1n) is 12.4. The quantitative estimate of drug-likeness (QED) is 0.326. The summed E-state index contributed by atoms with van der Waals surface area (Å²) in [7, 11) is 0. The maximum Gasteiger partial charge on any atom is 0.337 e. The van der Waals surface area contributed by atoms with Crippen molar-refractivity contribution in [3.05, 3.63) is 47.2 Å². The van der Waals surface area contributed by atoms with E-state index in [1.54, 1.807) is 11.1 Å². The van der Waals surface area contributed by atoms with Crippen molar-refractivity contribution in [3.8, 4) is 16.9 Å². The lowest BCUT2D eigenvalue weighted by atomic mass is 9.89. The van der Waals surface area contributed by atoms with E-state index >= 15 is 0 Å². The Kier molecular flexibility index (Phi) is 5.63. The Morgan fingerprint density at radius 1 is 1.26 bits per heavy atom. The molecule has 2 aromatic heterocycles. The number of halogens is 2. The molecule has 1 atom stereocenters. The molecule has 7 nitrogen and oxygen atoms in total. The molecule has 4 aromatic rings. The molecule has 1 saturated heterocycles. The lowest BCUT2D eigenvalue weighted by molar-refractivity contribution is -0.160. The van der Waals surface area contributed by atoms with Gasteiger partial charge in [-0.1, -0.05) is 11.3 Å². The zero-order valence-corrected chi connectivity index (χ0v) is 22.3. The van der Waals surface area contributed by atoms with Gasteiger partial charge in [-0.05, 0) is 63.1 Å². The van der Waals surface area contributed by atoms with Crippen molar-refractivity contribution < 1.29 is 28.2 Å². The third kappa shape index (κ3) is 4.16. The highest BCUT2D eigenvalue weighted by molar-refractivity contribution is 7.22. The van der Waals surface area contributed by atoms with Gasteiger partial charge < -0.3 is 19.5 Å². The van der Waals surface area contributed by atoms with Gasteiger partial charge in [-0.25, -0.2) is 18.6 Å². The van der Waals surface area contributed by atoms with Crippen molar-refractivity contribution in [2.45, 2.75) is 51.7 Å². The molecular formula is C28H27F2N3O4S. The topological polar surface area (TPSA) is 84.8 Å². The first-order chi connectivity index (χ1) is 17.9. The fourth-order valence-corrected chi connectivity index (χ4v) is 6.39. The van der Waals surface area contributed by atoms with Crippen LogP contribution in [0.25, 0.3) is 32.2 Å². The summed E-state index contributed by atoms with van der Waals surface area (Å²) in [4.78, 5) is 23.6. The maximum absolute atomic E-state index is 13.7. The maximum atomic E-state index is 13.7. The molecule has 1 N–H and O–H groups in total. The number of hydrogen-bond acceptors (Lipinski definition) is 7. The van der Waals surface area contributed by atoms with Gasteiger partial charge in [0, 0.05) is 34.7 Å². The number of aryl methyl sites for hydroxylation is 1. The number of nitrogens with zero attached hydrogens (tertiary/aromatic N) is 3. The van der Waals surface area contributed by atoms with Gasteiger partial charge in [-0.15, -0.1) is 0 Å². The number of rotatable bonds is 5. The summed E-state index contributed by atoms with van der Waals surface area (Å²) in [5, 5.41) is 11.7. The van der Waals surface area contributed by atoms with Gasteiger partial charge in [0.15, 0.2) is 11.2 Å². The lowest BCUT2D eigenvalue weighted by Crippen LogP contribution is -2.56. The summed E-state index contributed by atoms with van der Waals surface area (Å²) in [6.45, 7) is 7.06. The monoisotopic (exact) mass is 539 g/mol. The van der Waals surface area contributed by atoms with Crippen molar-refractivity contribution in [2.75, 3.05) is 24.6 Å². The Hall–Kier alpha value is -3.37. The van der Waals surface area contributed by atoms with Crippen LogP contribution in [0.1, 0.15) is 43.6 Å². The minimum atomic E-state index is -2.74. The number of alkyl halides is 2. The van der Waals surface area contributed by atoms with Gasteiger partial charge in [0.2, 0.25) is 0 Å². The number of carbonyl (C=O) groups is 1. The van der Waals surface area contributed by atoms with Gasteiger partial charge >= 0.3 is 5.97 Å². The van der Waals surface area contributed by atoms with E-state index in [4.69, 9.17) is 14.5 Å². The van der Waals surface area contributed by atoms with Gasteiger partial charge in [-0.2, -0.15) is 0 Å². The summed E-state index contributed by atoms with van der Waals surface area (Å²) in [5.41, 5.74) is 4.25. The van der Waals surface area contributed by atoms with E-state index in [-0.39, 0.29) is 0 Å². The highest BCUT2D eigenvalue weighted by Gasteiger charge is 2.45. The summed E-state index contributed by atoms with van der Waals surface area (Å²) in [5.74, 6) is -3.12. The largest absolute Gasteiger partial charge is 0.493 e. The van der Waals surface area contributed by atoms with Gasteiger partial charge in [0.1, 0.15) is 5.75 Å². The Labute approximate surface area is 222 Å². The molecule has 6 rings (SSSR count). The SMILES string of the molecule is Cc1cc2nc(N3CC(F)(F)C3)sc2c(-c2ccc3c4c(ccnc24)CCO3)c1C(OC(C)(C)C)C(=O)O. The van der Waals surface area contributed by atoms with Crippen LogP contribution in [0.2, 0.25) is 0 Å². The van der Waals surface area contributed by atoms with Crippen LogP contribution in [0.3, 0.4) is 0 Å². The molecule has 0 aliphatic carbocycles. The summed E-state index contributed by atoms with van der Waals surface area (Å²) < 4.78 is 40.1. The number of thiazole rings is 1. The predicted octanol–water partition coefficient (Wildman–Crippen LogP) is 6.15. The third-order valence-corrected chi connectivity index (χ3v) is 7.98. The number of fused-ring (bicyclic) bond motifs is 1. The van der Waals surface area contributed by atoms with Gasteiger partial charge in [0.05, 0.1) is 41.0 Å². The standard InChI is InChI=1S/C28H27F2N3O4S/c1-14-11-17-24(38-26(32-17)33-12-28(29,30)13-33)21(19(14)23(25(34)35)37-27(2,3)4)16-5-6-18-20-15(8-10-36-18)7-9-31-22(16)20/h5-7,9,11,23H,8,10,12-13H2,1-4H3,(H,34,35). The average Bonchev–Trinajstić information content (AvgIpc) is 3.24. The number of benzene rings is 2. The number of pyridine rings is 1. The highest BCUT2D eigenvalue weighted by atomic mass is 32.1. The second-order valence-corrected chi connectivity index (χ2v) is 11.9. The summed E-state index contributed by atoms with van der Waals surface area (Å²) >= 11 is 1.28. The van der Waals surface area contributed by atoms with Crippen LogP contribution >= 0.6 is 11.3 Å². The minimum absolute atomic E-state index is 0.390. The second-order valence-electron chi connectivity index (χ2n) is 10.9. The summed E-state index contributed by atoms with van der Waals surface area (Å²) in [6.07, 6.45) is 1.23. The van der Waals surface area contributed by atoms with E-state index in [0.29, 0.717) is 44.2 Å². The molecule has 0 spiro atoms. The second kappa shape index (κ2) is 8.57. The fraction of sp³-hybridized carbons (Fsp3) is 0.393. The molecule has 2 aliphatic heterocycles. The van der Waals surface area contributed by atoms with Crippen LogP contribution in [-0.2, 0) is 16.0 Å². The minimum Gasteiger partial charge on any atom is -0.493 e. The number of aromatic nitrogens is 2. The first kappa shape index (κ1) is 24.9. The lowest BCUT2D eigenvalue weighted by Gasteiger charge is -2.38. The van der Waals surface area contributed by atoms with Crippen LogP contribution < -0.4 is 9.64 Å². The molecule has 1 unspecified atom stereocenters. The smallest absolute Gasteiger partial charge is 0.337 e. The Morgan fingerprint density at radius 3 is 2.71 bits per heavy atom. The zero-order valence-electron chi connectivity index (χ0n) is 21.5. The number of carboxylic acid groups (broad SMARTS) is 1. The van der Waals surface area contributed by atoms with Crippen LogP contribution in [0, 0.1) is 6.92 Å². The van der Waals surface area contributed by atoms with Crippen molar-refractivity contribution in [3.63, 3.8) is 0 Å². The average molecular weight is 540 g/mol. The van der Waals surface area contributed by atoms with E-state index < -0.39 is 36.7 Å². The van der Waals surface area contributed by atoms with E-state index in [9.17, 15) is 18.7 Å². The van der Waals surface area contributed by atoms with Crippen molar-refractivity contribution >= 4 is 43.6 Å². The van der Waals surface area contributed by atoms with Crippen molar-refractivity contribution in [2.24, 2.45) is 0 Å². The Morgan fingerprint density at radius 2 is 2.03 bits per heavy atom. The summed E-state index contributed by atoms with van der Waals surface area (Å²) in [6, 6.07) is 7.57. The van der Waals surface area contributed by atoms with E-state index in [1.807, 2.05) is 52.0 Å². The zero-order chi connectivity index (χ0) is 27.0. The fourth-order valence-electron chi connectivity index (χ4n) is 5.28. The molecule has 0 radical (unpaired) electrons. The normalized spacial score (nSPS) is 17.4. The highest BCUT2D eigenvalue weighted by Crippen LogP contribution is 2.48. The number of aliphatic carboxylic acids is 1. The van der Waals surface area contributed by atoms with Crippen LogP contribution in [0.15, 0.2) is 30.5 Å². The predicted molar refractivity (Wildman–Crippen MR) is 143 cm³/mol. The molecule has 38 heavy (non-hydrogen) atoms. The van der Waals surface area contributed by atoms with Gasteiger partial charge in [0.25, 0.3) is 5.92 Å². The van der Waals surface area contributed by atoms with Crippen LogP contribution in [0.4, 0.5) is 13.9 Å². The van der Waals surface area contributed by atoms with E-state index in [1.165, 1.54) is 11.3 Å². The molecular weight excluding hydrogens is 512 g/mol. The van der Waals surface area contributed by atoms with Crippen LogP contribution in [-0.4, -0.2) is 52.3 Å². The van der Waals surface area contributed by atoms with Crippen molar-refractivity contribution in [1.29, 1.82) is 0 Å². The number of anilines is 1. The number of ether oxygens (including phenoxy) is 2. The molecule has 10 heteroatoms. The van der Waals surface area contributed by atoms with Crippen LogP contribution in [0.5, 0.6) is 5.75 Å². The van der Waals surface area contributed by atoms with E-state index in [0.717, 1.165) is 28.7 Å². The molecule has 0 bridgehead atoms. The Bertz CT molecular complexity index is 1590. The molecule has 198 valence electrons. The van der Waals surface area contributed by atoms with E-state index in [2.05, 4.69) is 4.98 Å². The molecule has 1 fully saturated rings. The molecule has 0 saturated carbocycles. The molecule has 2 aliphatic rings. The van der Waals surface area contributed by atoms with Gasteiger partial charge in [-0.3, -0.25) is 4.98 Å². The number of carboxylic acids is 1. The molecule has 0 amide bonds. The molecule has 4 heterocycles. The molecule has 2 aromatic carbocycles. The van der Waals surface area contributed by atoms with Crippen molar-refractivity contribution in [1.82, 2.24) is 9.97 Å². The Balaban J connectivity index is 1.66. The number of hydrogen-bond donors (Lipinski definition) is 1.